The molecule has 2 rings (SSSR count). The highest BCUT2D eigenvalue weighted by Crippen LogP contribution is 2.16. The molecule has 1 saturated heterocycles. The molecule has 1 aromatic rings. The first-order valence-corrected chi connectivity index (χ1v) is 6.20. The van der Waals surface area contributed by atoms with Crippen LogP contribution in [0.15, 0.2) is 29.2 Å². The minimum Gasteiger partial charge on any atom is -0.369 e. The third-order valence-corrected chi connectivity index (χ3v) is 3.29. The van der Waals surface area contributed by atoms with Gasteiger partial charge < -0.3 is 10.2 Å². The highest BCUT2D eigenvalue weighted by atomic mass is 32.2. The maximum absolute atomic E-state index is 11.0. The largest absolute Gasteiger partial charge is 0.369 e. The molecule has 5 heteroatoms. The van der Waals surface area contributed by atoms with Crippen LogP contribution in [0.5, 0.6) is 0 Å². The summed E-state index contributed by atoms with van der Waals surface area (Å²) < 4.78 is 11.0. The fourth-order valence-corrected chi connectivity index (χ4v) is 2.12. The van der Waals surface area contributed by atoms with Crippen LogP contribution in [-0.4, -0.2) is 30.4 Å². The monoisotopic (exact) mass is 225 g/mol. The SMILES string of the molecule is NS(=O)c1ccc(N2CCNCC2)cc1. The molecule has 82 valence electrons. The molecule has 0 aromatic heterocycles. The van der Waals surface area contributed by atoms with E-state index in [1.54, 1.807) is 0 Å². The molecule has 0 radical (unpaired) electrons. The maximum Gasteiger partial charge on any atom is 0.122 e. The Morgan fingerprint density at radius 3 is 2.33 bits per heavy atom. The lowest BCUT2D eigenvalue weighted by molar-refractivity contribution is 0.589. The van der Waals surface area contributed by atoms with Crippen LogP contribution in [0.1, 0.15) is 0 Å². The molecule has 1 atom stereocenters. The summed E-state index contributed by atoms with van der Waals surface area (Å²) in [5.74, 6) is 0. The van der Waals surface area contributed by atoms with Crippen LogP contribution in [0.25, 0.3) is 0 Å². The molecule has 0 saturated carbocycles. The standard InChI is InChI=1S/C10H15N3OS/c11-15(14)10-3-1-9(2-4-10)13-7-5-12-6-8-13/h1-4,12H,5-8,11H2. The molecule has 1 aliphatic heterocycles. The highest BCUT2D eigenvalue weighted by molar-refractivity contribution is 7.82. The van der Waals surface area contributed by atoms with E-state index in [0.717, 1.165) is 26.2 Å². The quantitative estimate of drug-likeness (QED) is 0.749. The third-order valence-electron chi connectivity index (χ3n) is 2.55. The van der Waals surface area contributed by atoms with Gasteiger partial charge in [-0.1, -0.05) is 0 Å². The van der Waals surface area contributed by atoms with Crippen molar-refractivity contribution in [3.8, 4) is 0 Å². The predicted octanol–water partition coefficient (Wildman–Crippen LogP) is 0.0775. The zero-order valence-electron chi connectivity index (χ0n) is 8.48. The first-order chi connectivity index (χ1) is 7.27. The predicted molar refractivity (Wildman–Crippen MR) is 62.1 cm³/mol. The van der Waals surface area contributed by atoms with E-state index in [-0.39, 0.29) is 0 Å². The third kappa shape index (κ3) is 2.56. The van der Waals surface area contributed by atoms with Gasteiger partial charge in [0.1, 0.15) is 11.0 Å². The second-order valence-electron chi connectivity index (χ2n) is 3.53. The van der Waals surface area contributed by atoms with Crippen LogP contribution in [0.3, 0.4) is 0 Å². The lowest BCUT2D eigenvalue weighted by atomic mass is 10.2. The van der Waals surface area contributed by atoms with Gasteiger partial charge in [0.2, 0.25) is 0 Å². The molecule has 0 bridgehead atoms. The summed E-state index contributed by atoms with van der Waals surface area (Å²) in [6.07, 6.45) is 0. The number of hydrogen-bond acceptors (Lipinski definition) is 3. The van der Waals surface area contributed by atoms with E-state index in [4.69, 9.17) is 5.14 Å². The highest BCUT2D eigenvalue weighted by Gasteiger charge is 2.10. The normalized spacial score (nSPS) is 18.9. The maximum atomic E-state index is 11.0. The second-order valence-corrected chi connectivity index (χ2v) is 4.59. The molecule has 1 aliphatic rings. The molecule has 0 amide bonds. The Hall–Kier alpha value is -0.910. The van der Waals surface area contributed by atoms with Gasteiger partial charge in [-0.15, -0.1) is 0 Å². The van der Waals surface area contributed by atoms with Crippen LogP contribution >= 0.6 is 0 Å². The topological polar surface area (TPSA) is 58.4 Å². The van der Waals surface area contributed by atoms with Gasteiger partial charge in [-0.3, -0.25) is 0 Å². The molecule has 1 aromatic carbocycles. The average Bonchev–Trinajstić information content (AvgIpc) is 2.30. The molecule has 1 heterocycles. The van der Waals surface area contributed by atoms with Gasteiger partial charge in [-0.25, -0.2) is 9.35 Å². The number of rotatable bonds is 2. The van der Waals surface area contributed by atoms with Gasteiger partial charge >= 0.3 is 0 Å². The summed E-state index contributed by atoms with van der Waals surface area (Å²) in [5, 5.41) is 8.59. The average molecular weight is 225 g/mol. The van der Waals surface area contributed by atoms with Gasteiger partial charge in [-0.2, -0.15) is 0 Å². The van der Waals surface area contributed by atoms with Crippen LogP contribution in [0.2, 0.25) is 0 Å². The lowest BCUT2D eigenvalue weighted by Crippen LogP contribution is -2.43. The Morgan fingerprint density at radius 2 is 1.80 bits per heavy atom. The van der Waals surface area contributed by atoms with E-state index in [9.17, 15) is 4.21 Å². The molecule has 15 heavy (non-hydrogen) atoms. The van der Waals surface area contributed by atoms with E-state index in [1.165, 1.54) is 5.69 Å². The summed E-state index contributed by atoms with van der Waals surface area (Å²) in [6, 6.07) is 7.61. The van der Waals surface area contributed by atoms with Crippen LogP contribution in [0, 0.1) is 0 Å². The van der Waals surface area contributed by atoms with Gasteiger partial charge in [0.15, 0.2) is 0 Å². The first kappa shape index (κ1) is 10.6. The van der Waals surface area contributed by atoms with Crippen molar-refractivity contribution < 1.29 is 4.21 Å². The van der Waals surface area contributed by atoms with Crippen molar-refractivity contribution in [3.05, 3.63) is 24.3 Å². The Morgan fingerprint density at radius 1 is 1.20 bits per heavy atom. The van der Waals surface area contributed by atoms with Crippen molar-refractivity contribution >= 4 is 16.7 Å². The zero-order valence-corrected chi connectivity index (χ0v) is 9.30. The number of benzene rings is 1. The Kier molecular flexibility index (Phi) is 3.35. The molecule has 0 aliphatic carbocycles. The first-order valence-electron chi connectivity index (χ1n) is 4.99. The van der Waals surface area contributed by atoms with Crippen molar-refractivity contribution in [2.45, 2.75) is 4.90 Å². The van der Waals surface area contributed by atoms with E-state index < -0.39 is 11.0 Å². The number of anilines is 1. The minimum absolute atomic E-state index is 0.675. The van der Waals surface area contributed by atoms with Gasteiger partial charge in [0, 0.05) is 31.9 Å². The summed E-state index contributed by atoms with van der Waals surface area (Å²) >= 11 is 0. The van der Waals surface area contributed by atoms with Crippen molar-refractivity contribution in [3.63, 3.8) is 0 Å². The van der Waals surface area contributed by atoms with Crippen LogP contribution in [-0.2, 0) is 11.0 Å². The molecular weight excluding hydrogens is 210 g/mol. The fourth-order valence-electron chi connectivity index (χ4n) is 1.71. The van der Waals surface area contributed by atoms with Crippen molar-refractivity contribution in [1.82, 2.24) is 5.32 Å². The lowest BCUT2D eigenvalue weighted by Gasteiger charge is -2.29. The molecule has 0 spiro atoms. The molecule has 1 unspecified atom stereocenters. The number of hydrogen-bond donors (Lipinski definition) is 2. The molecular formula is C10H15N3OS. The number of nitrogens with two attached hydrogens (primary N) is 1. The molecule has 4 nitrogen and oxygen atoms in total. The number of nitrogens with zero attached hydrogens (tertiary/aromatic N) is 1. The van der Waals surface area contributed by atoms with Gasteiger partial charge in [0.05, 0.1) is 4.90 Å². The van der Waals surface area contributed by atoms with E-state index >= 15 is 0 Å². The number of nitrogens with one attached hydrogen (secondary N) is 1. The van der Waals surface area contributed by atoms with Crippen molar-refractivity contribution in [1.29, 1.82) is 0 Å². The summed E-state index contributed by atoms with van der Waals surface area (Å²) in [6.45, 7) is 4.07. The molecule has 1 fully saturated rings. The summed E-state index contributed by atoms with van der Waals surface area (Å²) in [5.41, 5.74) is 1.17. The Bertz CT molecular complexity index is 346. The van der Waals surface area contributed by atoms with Crippen LogP contribution in [0.4, 0.5) is 5.69 Å². The van der Waals surface area contributed by atoms with Crippen molar-refractivity contribution in [2.75, 3.05) is 31.1 Å². The summed E-state index contributed by atoms with van der Waals surface area (Å²) in [7, 11) is -1.37. The Labute approximate surface area is 92.0 Å². The van der Waals surface area contributed by atoms with E-state index in [2.05, 4.69) is 10.2 Å². The smallest absolute Gasteiger partial charge is 0.122 e. The molecule has 3 N–H and O–H groups in total. The summed E-state index contributed by atoms with van der Waals surface area (Å²) in [4.78, 5) is 2.98. The zero-order chi connectivity index (χ0) is 10.7. The van der Waals surface area contributed by atoms with E-state index in [1.807, 2.05) is 24.3 Å². The van der Waals surface area contributed by atoms with Crippen molar-refractivity contribution in [2.24, 2.45) is 5.14 Å². The van der Waals surface area contributed by atoms with Gasteiger partial charge in [-0.05, 0) is 24.3 Å². The Balaban J connectivity index is 2.11. The number of piperazine rings is 1. The van der Waals surface area contributed by atoms with Gasteiger partial charge in [0.25, 0.3) is 0 Å². The fraction of sp³-hybridized carbons (Fsp3) is 0.400. The van der Waals surface area contributed by atoms with Crippen LogP contribution < -0.4 is 15.4 Å². The minimum atomic E-state index is -1.37. The second kappa shape index (κ2) is 4.74. The van der Waals surface area contributed by atoms with E-state index in [0.29, 0.717) is 4.90 Å².